The van der Waals surface area contributed by atoms with Crippen molar-refractivity contribution in [3.8, 4) is 0 Å². The Balaban J connectivity index is 3.52. The van der Waals surface area contributed by atoms with Crippen molar-refractivity contribution in [2.45, 2.75) is 34.6 Å². The maximum atomic E-state index is 11.9. The number of allylic oxidation sites excluding steroid dienone is 3. The summed E-state index contributed by atoms with van der Waals surface area (Å²) in [5.74, 6) is -0.155. The molecule has 0 heterocycles. The normalized spacial score (nSPS) is 21.0. The molecule has 1 aliphatic rings. The number of carbonyl (C=O) groups excluding carboxylic acids is 1. The molecule has 0 amide bonds. The topological polar surface area (TPSA) is 60.2 Å². The zero-order valence-corrected chi connectivity index (χ0v) is 9.67. The van der Waals surface area contributed by atoms with Gasteiger partial charge in [0.25, 0.3) is 5.70 Å². The summed E-state index contributed by atoms with van der Waals surface area (Å²) in [6.07, 6.45) is 0. The molecular formula is C11H15NO3. The average molecular weight is 209 g/mol. The van der Waals surface area contributed by atoms with E-state index in [1.165, 1.54) is 6.92 Å². The lowest BCUT2D eigenvalue weighted by Crippen LogP contribution is -2.32. The summed E-state index contributed by atoms with van der Waals surface area (Å²) >= 11 is 0. The second kappa shape index (κ2) is 3.29. The number of rotatable bonds is 1. The monoisotopic (exact) mass is 209 g/mol. The van der Waals surface area contributed by atoms with Crippen LogP contribution in [0.5, 0.6) is 0 Å². The predicted octanol–water partition coefficient (Wildman–Crippen LogP) is 2.48. The summed E-state index contributed by atoms with van der Waals surface area (Å²) in [5, 5.41) is 10.8. The SMILES string of the molecule is CC1=C([N+](=O)[O-])C(C)=C(C)C(C)(C)C1=O. The quantitative estimate of drug-likeness (QED) is 0.492. The van der Waals surface area contributed by atoms with Crippen molar-refractivity contribution in [3.63, 3.8) is 0 Å². The van der Waals surface area contributed by atoms with Crippen LogP contribution in [0.3, 0.4) is 0 Å². The largest absolute Gasteiger partial charge is 0.293 e. The molecule has 0 aliphatic heterocycles. The minimum absolute atomic E-state index is 0.0307. The van der Waals surface area contributed by atoms with Crippen LogP contribution in [0.15, 0.2) is 22.4 Å². The standard InChI is InChI=1S/C11H15NO3/c1-6-8(3)11(4,5)10(13)7(2)9(6)12(14)15/h1-5H3. The third-order valence-corrected chi connectivity index (χ3v) is 3.30. The van der Waals surface area contributed by atoms with Gasteiger partial charge in [0.05, 0.1) is 10.5 Å². The number of carbonyl (C=O) groups is 1. The minimum atomic E-state index is -0.617. The van der Waals surface area contributed by atoms with E-state index in [1.54, 1.807) is 27.7 Å². The molecule has 4 nitrogen and oxygen atoms in total. The van der Waals surface area contributed by atoms with Gasteiger partial charge in [-0.05, 0) is 34.6 Å². The van der Waals surface area contributed by atoms with E-state index in [-0.39, 0.29) is 17.1 Å². The molecule has 0 aromatic rings. The summed E-state index contributed by atoms with van der Waals surface area (Å²) in [6.45, 7) is 8.61. The second-order valence-corrected chi connectivity index (χ2v) is 4.43. The molecule has 0 radical (unpaired) electrons. The number of hydrogen-bond acceptors (Lipinski definition) is 3. The molecule has 0 aromatic heterocycles. The van der Waals surface area contributed by atoms with Gasteiger partial charge >= 0.3 is 0 Å². The predicted molar refractivity (Wildman–Crippen MR) is 56.9 cm³/mol. The molecule has 4 heteroatoms. The molecule has 15 heavy (non-hydrogen) atoms. The van der Waals surface area contributed by atoms with Crippen molar-refractivity contribution >= 4 is 5.78 Å². The Bertz CT molecular complexity index is 414. The summed E-state index contributed by atoms with van der Waals surface area (Å²) < 4.78 is 0. The number of nitrogens with zero attached hydrogens (tertiary/aromatic N) is 1. The number of hydrogen-bond donors (Lipinski definition) is 0. The fourth-order valence-electron chi connectivity index (χ4n) is 1.95. The van der Waals surface area contributed by atoms with Crippen molar-refractivity contribution in [2.24, 2.45) is 5.41 Å². The molecule has 82 valence electrons. The van der Waals surface area contributed by atoms with E-state index in [1.807, 2.05) is 0 Å². The Kier molecular flexibility index (Phi) is 2.55. The van der Waals surface area contributed by atoms with E-state index in [2.05, 4.69) is 0 Å². The van der Waals surface area contributed by atoms with Crippen LogP contribution in [-0.4, -0.2) is 10.7 Å². The minimum Gasteiger partial charge on any atom is -0.293 e. The summed E-state index contributed by atoms with van der Waals surface area (Å²) in [5.41, 5.74) is 1.00. The highest BCUT2D eigenvalue weighted by molar-refractivity contribution is 6.03. The van der Waals surface area contributed by atoms with Crippen LogP contribution in [0.1, 0.15) is 34.6 Å². The fourth-order valence-corrected chi connectivity index (χ4v) is 1.95. The van der Waals surface area contributed by atoms with Crippen molar-refractivity contribution in [1.82, 2.24) is 0 Å². The Morgan fingerprint density at radius 3 is 2.00 bits per heavy atom. The van der Waals surface area contributed by atoms with Gasteiger partial charge in [0.2, 0.25) is 0 Å². The van der Waals surface area contributed by atoms with Crippen LogP contribution in [0, 0.1) is 15.5 Å². The van der Waals surface area contributed by atoms with Gasteiger partial charge in [-0.15, -0.1) is 0 Å². The number of nitro groups is 1. The average Bonchev–Trinajstić information content (AvgIpc) is 2.12. The summed E-state index contributed by atoms with van der Waals surface area (Å²) in [7, 11) is 0. The first-order chi connectivity index (χ1) is 6.71. The summed E-state index contributed by atoms with van der Waals surface area (Å²) in [6, 6.07) is 0. The third-order valence-electron chi connectivity index (χ3n) is 3.30. The Morgan fingerprint density at radius 1 is 1.13 bits per heavy atom. The maximum Gasteiger partial charge on any atom is 0.278 e. The van der Waals surface area contributed by atoms with Crippen LogP contribution < -0.4 is 0 Å². The van der Waals surface area contributed by atoms with Gasteiger partial charge in [0, 0.05) is 11.0 Å². The molecular weight excluding hydrogens is 194 g/mol. The summed E-state index contributed by atoms with van der Waals surface area (Å²) in [4.78, 5) is 22.3. The zero-order valence-electron chi connectivity index (χ0n) is 9.67. The number of Topliss-reactive ketones (excluding diaryl/α,β-unsaturated/α-hetero) is 1. The molecule has 0 unspecified atom stereocenters. The van der Waals surface area contributed by atoms with Crippen LogP contribution in [0.4, 0.5) is 0 Å². The molecule has 0 N–H and O–H groups in total. The molecule has 0 atom stereocenters. The van der Waals surface area contributed by atoms with Crippen LogP contribution in [0.25, 0.3) is 0 Å². The van der Waals surface area contributed by atoms with Gasteiger partial charge in [-0.2, -0.15) is 0 Å². The molecule has 0 aromatic carbocycles. The lowest BCUT2D eigenvalue weighted by molar-refractivity contribution is -0.422. The zero-order chi connectivity index (χ0) is 12.0. The van der Waals surface area contributed by atoms with E-state index in [4.69, 9.17) is 0 Å². The first-order valence-electron chi connectivity index (χ1n) is 4.79. The molecule has 0 saturated carbocycles. The van der Waals surface area contributed by atoms with E-state index in [0.717, 1.165) is 5.57 Å². The molecule has 0 bridgehead atoms. The smallest absolute Gasteiger partial charge is 0.278 e. The number of ketones is 1. The molecule has 0 saturated heterocycles. The van der Waals surface area contributed by atoms with Crippen LogP contribution in [-0.2, 0) is 4.79 Å². The van der Waals surface area contributed by atoms with Gasteiger partial charge in [0.15, 0.2) is 5.78 Å². The van der Waals surface area contributed by atoms with Gasteiger partial charge in [-0.25, -0.2) is 0 Å². The van der Waals surface area contributed by atoms with Gasteiger partial charge in [0.1, 0.15) is 0 Å². The fraction of sp³-hybridized carbons (Fsp3) is 0.545. The van der Waals surface area contributed by atoms with E-state index in [9.17, 15) is 14.9 Å². The maximum absolute atomic E-state index is 11.9. The van der Waals surface area contributed by atoms with Crippen molar-refractivity contribution in [1.29, 1.82) is 0 Å². The first-order valence-corrected chi connectivity index (χ1v) is 4.79. The van der Waals surface area contributed by atoms with Crippen molar-refractivity contribution in [2.75, 3.05) is 0 Å². The van der Waals surface area contributed by atoms with Gasteiger partial charge in [-0.1, -0.05) is 5.57 Å². The molecule has 0 fully saturated rings. The van der Waals surface area contributed by atoms with Crippen LogP contribution >= 0.6 is 0 Å². The Morgan fingerprint density at radius 2 is 1.60 bits per heavy atom. The lowest BCUT2D eigenvalue weighted by atomic mass is 9.72. The van der Waals surface area contributed by atoms with Crippen molar-refractivity contribution in [3.05, 3.63) is 32.5 Å². The van der Waals surface area contributed by atoms with Gasteiger partial charge in [-0.3, -0.25) is 14.9 Å². The van der Waals surface area contributed by atoms with E-state index >= 15 is 0 Å². The molecule has 1 aliphatic carbocycles. The highest BCUT2D eigenvalue weighted by Gasteiger charge is 2.41. The highest BCUT2D eigenvalue weighted by atomic mass is 16.6. The van der Waals surface area contributed by atoms with Crippen molar-refractivity contribution < 1.29 is 9.72 Å². The van der Waals surface area contributed by atoms with Gasteiger partial charge < -0.3 is 0 Å². The Hall–Kier alpha value is -1.45. The van der Waals surface area contributed by atoms with Crippen LogP contribution in [0.2, 0.25) is 0 Å². The molecule has 1 rings (SSSR count). The third kappa shape index (κ3) is 1.50. The lowest BCUT2D eigenvalue weighted by Gasteiger charge is -2.29. The second-order valence-electron chi connectivity index (χ2n) is 4.43. The Labute approximate surface area is 88.8 Å². The van der Waals surface area contributed by atoms with E-state index < -0.39 is 10.3 Å². The highest BCUT2D eigenvalue weighted by Crippen LogP contribution is 2.39. The first kappa shape index (κ1) is 11.6. The van der Waals surface area contributed by atoms with E-state index in [0.29, 0.717) is 5.57 Å². The molecule has 0 spiro atoms.